The maximum atomic E-state index is 5.79. The number of para-hydroxylation sites is 2. The van der Waals surface area contributed by atoms with Crippen LogP contribution in [0, 0.1) is 6.92 Å². The molecule has 7 nitrogen and oxygen atoms in total. The van der Waals surface area contributed by atoms with Gasteiger partial charge in [0.25, 0.3) is 0 Å². The molecule has 1 aliphatic heterocycles. The van der Waals surface area contributed by atoms with Gasteiger partial charge in [-0.25, -0.2) is 9.98 Å². The summed E-state index contributed by atoms with van der Waals surface area (Å²) in [5, 5.41) is 6.77. The number of ether oxygens (including phenoxy) is 2. The van der Waals surface area contributed by atoms with Gasteiger partial charge in [0.05, 0.1) is 30.8 Å². The third-order valence-electron chi connectivity index (χ3n) is 5.27. The monoisotopic (exact) mass is 549 g/mol. The standard InChI is InChI=1S/C24H31N5O2.HI/c1-3-25-24(27-17-19-10-11-22-23(16-19)31-15-7-14-30-22)26-12-6-13-29-18(2)28-20-8-4-5-9-21(20)29;/h4-5,8-11,16H,3,6-7,12-15,17H2,1-2H3,(H2,25,26,27);1H. The fourth-order valence-electron chi connectivity index (χ4n) is 3.74. The molecule has 2 aromatic carbocycles. The van der Waals surface area contributed by atoms with Crippen LogP contribution < -0.4 is 20.1 Å². The number of nitrogens with zero attached hydrogens (tertiary/aromatic N) is 3. The number of benzene rings is 2. The van der Waals surface area contributed by atoms with E-state index in [2.05, 4.69) is 52.2 Å². The Hall–Kier alpha value is -2.49. The van der Waals surface area contributed by atoms with Crippen LogP contribution in [0.25, 0.3) is 11.0 Å². The van der Waals surface area contributed by atoms with Crippen molar-refractivity contribution in [1.29, 1.82) is 0 Å². The second kappa shape index (κ2) is 11.9. The zero-order valence-corrected chi connectivity index (χ0v) is 21.1. The highest BCUT2D eigenvalue weighted by atomic mass is 127. The van der Waals surface area contributed by atoms with Crippen molar-refractivity contribution >= 4 is 41.0 Å². The first-order valence-electron chi connectivity index (χ1n) is 11.1. The molecule has 0 saturated heterocycles. The molecular formula is C24H32IN5O2. The number of aryl methyl sites for hydroxylation is 2. The van der Waals surface area contributed by atoms with E-state index in [0.29, 0.717) is 19.8 Å². The van der Waals surface area contributed by atoms with Crippen LogP contribution in [0.3, 0.4) is 0 Å². The molecule has 8 heteroatoms. The largest absolute Gasteiger partial charge is 0.490 e. The minimum Gasteiger partial charge on any atom is -0.490 e. The summed E-state index contributed by atoms with van der Waals surface area (Å²) in [6, 6.07) is 14.3. The Labute approximate surface area is 206 Å². The van der Waals surface area contributed by atoms with Gasteiger partial charge in [0.2, 0.25) is 0 Å². The minimum absolute atomic E-state index is 0. The Balaban J connectivity index is 0.00000289. The highest BCUT2D eigenvalue weighted by molar-refractivity contribution is 14.0. The number of fused-ring (bicyclic) bond motifs is 2. The summed E-state index contributed by atoms with van der Waals surface area (Å²) >= 11 is 0. The molecule has 2 N–H and O–H groups in total. The molecule has 0 spiro atoms. The van der Waals surface area contributed by atoms with Crippen molar-refractivity contribution in [2.45, 2.75) is 39.8 Å². The van der Waals surface area contributed by atoms with Crippen LogP contribution in [0.2, 0.25) is 0 Å². The molecule has 0 saturated carbocycles. The lowest BCUT2D eigenvalue weighted by Crippen LogP contribution is -2.38. The van der Waals surface area contributed by atoms with Gasteiger partial charge in [0.1, 0.15) is 5.82 Å². The summed E-state index contributed by atoms with van der Waals surface area (Å²) in [5.74, 6) is 3.50. The molecule has 1 aromatic heterocycles. The molecule has 0 amide bonds. The van der Waals surface area contributed by atoms with E-state index in [1.54, 1.807) is 0 Å². The Bertz CT molecular complexity index is 1050. The second-order valence-electron chi connectivity index (χ2n) is 7.61. The number of aliphatic imine (C=N–C) groups is 1. The fourth-order valence-corrected chi connectivity index (χ4v) is 3.74. The molecule has 0 bridgehead atoms. The summed E-state index contributed by atoms with van der Waals surface area (Å²) < 4.78 is 13.8. The van der Waals surface area contributed by atoms with Crippen LogP contribution in [0.4, 0.5) is 0 Å². The minimum atomic E-state index is 0. The number of imidazole rings is 1. The van der Waals surface area contributed by atoms with E-state index >= 15 is 0 Å². The average molecular weight is 549 g/mol. The van der Waals surface area contributed by atoms with Gasteiger partial charge in [-0.05, 0) is 50.1 Å². The maximum Gasteiger partial charge on any atom is 0.191 e. The lowest BCUT2D eigenvalue weighted by molar-refractivity contribution is 0.297. The molecule has 0 fully saturated rings. The second-order valence-corrected chi connectivity index (χ2v) is 7.61. The van der Waals surface area contributed by atoms with Crippen molar-refractivity contribution in [1.82, 2.24) is 20.2 Å². The van der Waals surface area contributed by atoms with Crippen LogP contribution in [-0.2, 0) is 13.1 Å². The van der Waals surface area contributed by atoms with Crippen molar-refractivity contribution in [3.8, 4) is 11.5 Å². The Morgan fingerprint density at radius 3 is 2.75 bits per heavy atom. The van der Waals surface area contributed by atoms with Crippen LogP contribution in [-0.4, -0.2) is 41.8 Å². The van der Waals surface area contributed by atoms with E-state index in [4.69, 9.17) is 14.5 Å². The first-order valence-corrected chi connectivity index (χ1v) is 11.1. The van der Waals surface area contributed by atoms with E-state index in [1.807, 2.05) is 24.3 Å². The molecular weight excluding hydrogens is 517 g/mol. The first-order chi connectivity index (χ1) is 15.2. The third kappa shape index (κ3) is 6.05. The van der Waals surface area contributed by atoms with E-state index < -0.39 is 0 Å². The molecule has 0 unspecified atom stereocenters. The smallest absolute Gasteiger partial charge is 0.191 e. The van der Waals surface area contributed by atoms with E-state index in [1.165, 1.54) is 5.52 Å². The zero-order valence-electron chi connectivity index (χ0n) is 18.8. The average Bonchev–Trinajstić information content (AvgIpc) is 2.94. The van der Waals surface area contributed by atoms with Crippen molar-refractivity contribution < 1.29 is 9.47 Å². The van der Waals surface area contributed by atoms with Gasteiger partial charge in [0, 0.05) is 26.1 Å². The SMILES string of the molecule is CCNC(=NCc1ccc2c(c1)OCCCO2)NCCCn1c(C)nc2ccccc21.I. The highest BCUT2D eigenvalue weighted by Gasteiger charge is 2.11. The number of rotatable bonds is 7. The summed E-state index contributed by atoms with van der Waals surface area (Å²) in [5.41, 5.74) is 3.34. The highest BCUT2D eigenvalue weighted by Crippen LogP contribution is 2.30. The number of halogens is 1. The van der Waals surface area contributed by atoms with Gasteiger partial charge in [0.15, 0.2) is 17.5 Å². The van der Waals surface area contributed by atoms with Crippen LogP contribution in [0.5, 0.6) is 11.5 Å². The molecule has 2 heterocycles. The van der Waals surface area contributed by atoms with E-state index in [-0.39, 0.29) is 24.0 Å². The lowest BCUT2D eigenvalue weighted by atomic mass is 10.2. The summed E-state index contributed by atoms with van der Waals surface area (Å²) in [7, 11) is 0. The molecule has 0 aliphatic carbocycles. The summed E-state index contributed by atoms with van der Waals surface area (Å²) in [4.78, 5) is 9.38. The van der Waals surface area contributed by atoms with Gasteiger partial charge < -0.3 is 24.7 Å². The Morgan fingerprint density at radius 1 is 1.09 bits per heavy atom. The van der Waals surface area contributed by atoms with Gasteiger partial charge >= 0.3 is 0 Å². The Kier molecular flexibility index (Phi) is 9.01. The van der Waals surface area contributed by atoms with Gasteiger partial charge in [-0.1, -0.05) is 18.2 Å². The molecule has 1 aliphatic rings. The molecule has 0 atom stereocenters. The molecule has 4 rings (SSSR count). The van der Waals surface area contributed by atoms with Gasteiger partial charge in [-0.2, -0.15) is 0 Å². The topological polar surface area (TPSA) is 72.7 Å². The van der Waals surface area contributed by atoms with Crippen LogP contribution in [0.15, 0.2) is 47.5 Å². The third-order valence-corrected chi connectivity index (χ3v) is 5.27. The first kappa shape index (κ1) is 24.2. The van der Waals surface area contributed by atoms with E-state index in [9.17, 15) is 0 Å². The lowest BCUT2D eigenvalue weighted by Gasteiger charge is -2.13. The quantitative estimate of drug-likeness (QED) is 0.199. The van der Waals surface area contributed by atoms with Gasteiger partial charge in [-0.3, -0.25) is 0 Å². The van der Waals surface area contributed by atoms with Crippen LogP contribution >= 0.6 is 24.0 Å². The molecule has 3 aromatic rings. The van der Waals surface area contributed by atoms with Crippen molar-refractivity contribution in [3.63, 3.8) is 0 Å². The predicted octanol–water partition coefficient (Wildman–Crippen LogP) is 4.27. The number of nitrogens with one attached hydrogen (secondary N) is 2. The van der Waals surface area contributed by atoms with Crippen molar-refractivity contribution in [3.05, 3.63) is 53.9 Å². The normalized spacial score (nSPS) is 13.4. The maximum absolute atomic E-state index is 5.79. The van der Waals surface area contributed by atoms with Crippen LogP contribution in [0.1, 0.15) is 31.2 Å². The number of aromatic nitrogens is 2. The summed E-state index contributed by atoms with van der Waals surface area (Å²) in [6.45, 7) is 8.68. The molecule has 0 radical (unpaired) electrons. The Morgan fingerprint density at radius 2 is 1.91 bits per heavy atom. The zero-order chi connectivity index (χ0) is 21.5. The number of guanidine groups is 1. The number of hydrogen-bond donors (Lipinski definition) is 2. The van der Waals surface area contributed by atoms with E-state index in [0.717, 1.165) is 66.8 Å². The predicted molar refractivity (Wildman–Crippen MR) is 139 cm³/mol. The van der Waals surface area contributed by atoms with Crippen molar-refractivity contribution in [2.24, 2.45) is 4.99 Å². The fraction of sp³-hybridized carbons (Fsp3) is 0.417. The molecule has 172 valence electrons. The van der Waals surface area contributed by atoms with Gasteiger partial charge in [-0.15, -0.1) is 24.0 Å². The van der Waals surface area contributed by atoms with Crippen molar-refractivity contribution in [2.75, 3.05) is 26.3 Å². The molecule has 32 heavy (non-hydrogen) atoms. The summed E-state index contributed by atoms with van der Waals surface area (Å²) in [6.07, 6.45) is 1.89. The number of hydrogen-bond acceptors (Lipinski definition) is 4.